The maximum Gasteiger partial charge on any atom is 0.244 e. The average molecular weight is 469 g/mol. The predicted molar refractivity (Wildman–Crippen MR) is 125 cm³/mol. The average Bonchev–Trinajstić information content (AvgIpc) is 3.09. The van der Waals surface area contributed by atoms with Gasteiger partial charge >= 0.3 is 0 Å². The van der Waals surface area contributed by atoms with Crippen LogP contribution in [0.1, 0.15) is 64.4 Å². The van der Waals surface area contributed by atoms with Crippen molar-refractivity contribution in [1.29, 1.82) is 0 Å². The van der Waals surface area contributed by atoms with Crippen LogP contribution in [0.4, 0.5) is 0 Å². The number of carbonyl (C=O) groups is 2. The molecule has 1 aliphatic heterocycles. The lowest BCUT2D eigenvalue weighted by Gasteiger charge is -2.35. The van der Waals surface area contributed by atoms with Gasteiger partial charge in [0.25, 0.3) is 0 Å². The molecule has 0 fully saturated rings. The molecule has 2 N–H and O–H groups in total. The van der Waals surface area contributed by atoms with E-state index in [1.54, 1.807) is 0 Å². The molecule has 1 aromatic carbocycles. The molecule has 1 aliphatic rings. The van der Waals surface area contributed by atoms with Crippen LogP contribution >= 0.6 is 11.8 Å². The van der Waals surface area contributed by atoms with E-state index in [1.165, 1.54) is 16.8 Å². The van der Waals surface area contributed by atoms with Crippen molar-refractivity contribution < 1.29 is 18.0 Å². The number of thioether (sulfide) groups is 1. The second-order valence-corrected chi connectivity index (χ2v) is 10.6. The number of nitrogens with one attached hydrogen (secondary N) is 2. The van der Waals surface area contributed by atoms with Crippen molar-refractivity contribution in [1.82, 2.24) is 15.0 Å². The summed E-state index contributed by atoms with van der Waals surface area (Å²) in [6.45, 7) is 4.15. The van der Waals surface area contributed by atoms with Crippen LogP contribution in [0.5, 0.6) is 0 Å². The van der Waals surface area contributed by atoms with Crippen LogP contribution < -0.4 is 10.0 Å². The zero-order valence-electron chi connectivity index (χ0n) is 18.4. The predicted octanol–water partition coefficient (Wildman–Crippen LogP) is 3.12. The van der Waals surface area contributed by atoms with Crippen molar-refractivity contribution in [2.45, 2.75) is 63.7 Å². The van der Waals surface area contributed by atoms with Crippen molar-refractivity contribution in [3.8, 4) is 0 Å². The van der Waals surface area contributed by atoms with E-state index in [-0.39, 0.29) is 18.4 Å². The number of hydrazone groups is 1. The highest BCUT2D eigenvalue weighted by atomic mass is 32.2. The minimum Gasteiger partial charge on any atom is -0.304 e. The lowest BCUT2D eigenvalue weighted by molar-refractivity contribution is -0.135. The van der Waals surface area contributed by atoms with E-state index in [9.17, 15) is 18.0 Å². The summed E-state index contributed by atoms with van der Waals surface area (Å²) in [6.07, 6.45) is 5.37. The SMILES string of the molecule is CCCCC(=O)NC1=NN(C(=O)CCCC)C(CCNS(C)(=O)=O)(c2ccccc2)S1. The fraction of sp³-hybridized carbons (Fsp3) is 0.571. The first-order chi connectivity index (χ1) is 14.7. The van der Waals surface area contributed by atoms with Crippen molar-refractivity contribution in [3.05, 3.63) is 35.9 Å². The van der Waals surface area contributed by atoms with Crippen LogP contribution in [0, 0.1) is 0 Å². The van der Waals surface area contributed by atoms with Gasteiger partial charge in [0.1, 0.15) is 4.87 Å². The summed E-state index contributed by atoms with van der Waals surface area (Å²) < 4.78 is 25.8. The van der Waals surface area contributed by atoms with E-state index in [0.717, 1.165) is 37.5 Å². The maximum absolute atomic E-state index is 13.1. The highest BCUT2D eigenvalue weighted by Gasteiger charge is 2.48. The number of benzene rings is 1. The molecule has 0 saturated heterocycles. The third kappa shape index (κ3) is 7.33. The Bertz CT molecular complexity index is 890. The molecular weight excluding hydrogens is 436 g/mol. The summed E-state index contributed by atoms with van der Waals surface area (Å²) >= 11 is 1.28. The van der Waals surface area contributed by atoms with Gasteiger partial charge in [-0.25, -0.2) is 18.1 Å². The normalized spacial score (nSPS) is 18.7. The van der Waals surface area contributed by atoms with E-state index >= 15 is 0 Å². The number of nitrogens with zero attached hydrogens (tertiary/aromatic N) is 2. The van der Waals surface area contributed by atoms with Gasteiger partial charge in [-0.3, -0.25) is 9.59 Å². The first kappa shape index (κ1) is 25.4. The molecule has 0 bridgehead atoms. The lowest BCUT2D eigenvalue weighted by Crippen LogP contribution is -2.43. The molecule has 2 rings (SSSR count). The molecule has 172 valence electrons. The fourth-order valence-electron chi connectivity index (χ4n) is 3.24. The quantitative estimate of drug-likeness (QED) is 0.519. The molecule has 0 aromatic heterocycles. The molecular formula is C21H32N4O4S2. The van der Waals surface area contributed by atoms with E-state index in [4.69, 9.17) is 0 Å². The van der Waals surface area contributed by atoms with Crippen molar-refractivity contribution >= 4 is 38.8 Å². The van der Waals surface area contributed by atoms with Crippen LogP contribution in [0.2, 0.25) is 0 Å². The fourth-order valence-corrected chi connectivity index (χ4v) is 5.01. The minimum atomic E-state index is -3.39. The topological polar surface area (TPSA) is 108 Å². The molecule has 2 amide bonds. The summed E-state index contributed by atoms with van der Waals surface area (Å²) in [5.41, 5.74) is 0.821. The van der Waals surface area contributed by atoms with Gasteiger partial charge in [0.2, 0.25) is 21.8 Å². The van der Waals surface area contributed by atoms with Crippen molar-refractivity contribution in [2.24, 2.45) is 5.10 Å². The van der Waals surface area contributed by atoms with E-state index in [1.807, 2.05) is 44.2 Å². The van der Waals surface area contributed by atoms with E-state index < -0.39 is 14.9 Å². The highest BCUT2D eigenvalue weighted by molar-refractivity contribution is 8.14. The zero-order chi connectivity index (χ0) is 22.9. The lowest BCUT2D eigenvalue weighted by atomic mass is 10.0. The Labute approximate surface area is 189 Å². The molecule has 10 heteroatoms. The Hall–Kier alpha value is -1.91. The number of sulfonamides is 1. The highest BCUT2D eigenvalue weighted by Crippen LogP contribution is 2.48. The third-order valence-electron chi connectivity index (χ3n) is 4.84. The number of amidine groups is 1. The molecule has 1 unspecified atom stereocenters. The molecule has 1 aromatic rings. The Morgan fingerprint density at radius 2 is 1.74 bits per heavy atom. The first-order valence-corrected chi connectivity index (χ1v) is 13.3. The molecule has 0 saturated carbocycles. The third-order valence-corrected chi connectivity index (χ3v) is 6.89. The number of unbranched alkanes of at least 4 members (excludes halogenated alkanes) is 2. The van der Waals surface area contributed by atoms with Gasteiger partial charge in [-0.1, -0.05) is 68.8 Å². The summed E-state index contributed by atoms with van der Waals surface area (Å²) in [5, 5.41) is 9.10. The summed E-state index contributed by atoms with van der Waals surface area (Å²) in [4.78, 5) is 24.5. The van der Waals surface area contributed by atoms with Gasteiger partial charge < -0.3 is 5.32 Å². The van der Waals surface area contributed by atoms with Gasteiger partial charge in [-0.2, -0.15) is 0 Å². The summed E-state index contributed by atoms with van der Waals surface area (Å²) in [5.74, 6) is -0.303. The van der Waals surface area contributed by atoms with E-state index in [0.29, 0.717) is 24.4 Å². The number of carbonyl (C=O) groups excluding carboxylic acids is 2. The largest absolute Gasteiger partial charge is 0.304 e. The monoisotopic (exact) mass is 468 g/mol. The molecule has 1 heterocycles. The molecule has 0 radical (unpaired) electrons. The van der Waals surface area contributed by atoms with Gasteiger partial charge in [0.15, 0.2) is 5.17 Å². The molecule has 0 spiro atoms. The Morgan fingerprint density at radius 1 is 1.10 bits per heavy atom. The molecule has 8 nitrogen and oxygen atoms in total. The van der Waals surface area contributed by atoms with E-state index in [2.05, 4.69) is 15.1 Å². The molecule has 31 heavy (non-hydrogen) atoms. The smallest absolute Gasteiger partial charge is 0.244 e. The van der Waals surface area contributed by atoms with Gasteiger partial charge in [0.05, 0.1) is 6.26 Å². The van der Waals surface area contributed by atoms with Gasteiger partial charge in [0, 0.05) is 25.8 Å². The Kier molecular flexibility index (Phi) is 9.52. The number of amides is 2. The maximum atomic E-state index is 13.1. The second-order valence-electron chi connectivity index (χ2n) is 7.53. The van der Waals surface area contributed by atoms with Crippen LogP contribution in [0.25, 0.3) is 0 Å². The van der Waals surface area contributed by atoms with Gasteiger partial charge in [-0.15, -0.1) is 5.10 Å². The van der Waals surface area contributed by atoms with Crippen LogP contribution in [-0.2, 0) is 24.5 Å². The number of hydrogen-bond acceptors (Lipinski definition) is 6. The zero-order valence-corrected chi connectivity index (χ0v) is 20.0. The standard InChI is InChI=1S/C21H32N4O4S2/c1-4-6-13-18(26)23-20-24-25(19(27)14-7-5-2)21(30-20,15-16-22-31(3,28)29)17-11-9-8-10-12-17/h8-12,22H,4-7,13-16H2,1-3H3,(H,23,24,26). The van der Waals surface area contributed by atoms with Gasteiger partial charge in [-0.05, 0) is 18.4 Å². The summed E-state index contributed by atoms with van der Waals surface area (Å²) in [6, 6.07) is 9.40. The minimum absolute atomic E-state index is 0.130. The molecule has 1 atom stereocenters. The Morgan fingerprint density at radius 3 is 2.35 bits per heavy atom. The van der Waals surface area contributed by atoms with Crippen molar-refractivity contribution in [2.75, 3.05) is 12.8 Å². The van der Waals surface area contributed by atoms with Crippen LogP contribution in [-0.4, -0.2) is 43.2 Å². The van der Waals surface area contributed by atoms with Crippen LogP contribution in [0.3, 0.4) is 0 Å². The first-order valence-electron chi connectivity index (χ1n) is 10.6. The summed E-state index contributed by atoms with van der Waals surface area (Å²) in [7, 11) is -3.39. The van der Waals surface area contributed by atoms with Crippen LogP contribution in [0.15, 0.2) is 35.4 Å². The molecule has 0 aliphatic carbocycles. The van der Waals surface area contributed by atoms with Crippen molar-refractivity contribution in [3.63, 3.8) is 0 Å². The number of hydrogen-bond donors (Lipinski definition) is 2. The second kappa shape index (κ2) is 11.6. The Balaban J connectivity index is 2.38. The number of rotatable bonds is 11.